The van der Waals surface area contributed by atoms with Crippen LogP contribution in [0.1, 0.15) is 31.3 Å². The van der Waals surface area contributed by atoms with Crippen LogP contribution in [0.2, 0.25) is 0 Å². The van der Waals surface area contributed by atoms with E-state index in [-0.39, 0.29) is 12.6 Å². The number of aliphatic hydroxyl groups is 1. The number of hydrogen-bond donors (Lipinski definition) is 2. The van der Waals surface area contributed by atoms with Gasteiger partial charge in [-0.25, -0.2) is 9.97 Å². The Bertz CT molecular complexity index is 801. The normalized spacial score (nSPS) is 12.5. The van der Waals surface area contributed by atoms with Crippen molar-refractivity contribution in [3.63, 3.8) is 0 Å². The fourth-order valence-corrected chi connectivity index (χ4v) is 2.80. The van der Waals surface area contributed by atoms with Crippen molar-refractivity contribution in [1.29, 1.82) is 0 Å². The fourth-order valence-electron chi connectivity index (χ4n) is 2.80. The van der Waals surface area contributed by atoms with Gasteiger partial charge in [0, 0.05) is 12.4 Å². The molecule has 2 N–H and O–H groups in total. The van der Waals surface area contributed by atoms with Gasteiger partial charge in [0.2, 0.25) is 0 Å². The summed E-state index contributed by atoms with van der Waals surface area (Å²) >= 11 is 0. The molecule has 7 nitrogen and oxygen atoms in total. The van der Waals surface area contributed by atoms with E-state index >= 15 is 0 Å². The zero-order valence-electron chi connectivity index (χ0n) is 14.0. The highest BCUT2D eigenvalue weighted by Gasteiger charge is 2.15. The topological polar surface area (TPSA) is 88.8 Å². The molecule has 0 bridgehead atoms. The lowest BCUT2D eigenvalue weighted by Crippen LogP contribution is -2.24. The van der Waals surface area contributed by atoms with E-state index in [1.165, 1.54) is 0 Å². The Morgan fingerprint density at radius 2 is 2.17 bits per heavy atom. The van der Waals surface area contributed by atoms with E-state index in [4.69, 9.17) is 0 Å². The van der Waals surface area contributed by atoms with Crippen LogP contribution in [0.25, 0.3) is 11.0 Å². The Kier molecular flexibility index (Phi) is 5.00. The molecule has 0 fully saturated rings. The van der Waals surface area contributed by atoms with Crippen molar-refractivity contribution in [2.75, 3.05) is 11.9 Å². The molecule has 0 unspecified atom stereocenters. The van der Waals surface area contributed by atoms with Crippen LogP contribution in [-0.4, -0.2) is 42.5 Å². The Labute approximate surface area is 140 Å². The minimum Gasteiger partial charge on any atom is -0.394 e. The summed E-state index contributed by atoms with van der Waals surface area (Å²) in [5, 5.41) is 21.0. The summed E-state index contributed by atoms with van der Waals surface area (Å²) < 4.78 is 2.06. The first kappa shape index (κ1) is 16.3. The molecule has 0 radical (unpaired) electrons. The monoisotopic (exact) mass is 326 g/mol. The molecule has 0 aliphatic carbocycles. The van der Waals surface area contributed by atoms with Gasteiger partial charge in [0.1, 0.15) is 11.3 Å². The SMILES string of the molecule is CCC[C@@H](CO)Nc1nc(C)nc2ccn(Cc3cccnn3)c12. The molecule has 3 heterocycles. The van der Waals surface area contributed by atoms with Crippen molar-refractivity contribution >= 4 is 16.9 Å². The second kappa shape index (κ2) is 7.35. The number of aromatic nitrogens is 5. The van der Waals surface area contributed by atoms with Gasteiger partial charge in [-0.1, -0.05) is 13.3 Å². The van der Waals surface area contributed by atoms with Gasteiger partial charge in [0.15, 0.2) is 5.82 Å². The molecule has 3 rings (SSSR count). The van der Waals surface area contributed by atoms with Crippen LogP contribution < -0.4 is 5.32 Å². The van der Waals surface area contributed by atoms with Crippen molar-refractivity contribution in [1.82, 2.24) is 24.7 Å². The number of aryl methyl sites for hydroxylation is 1. The number of anilines is 1. The molecule has 126 valence electrons. The van der Waals surface area contributed by atoms with E-state index < -0.39 is 0 Å². The van der Waals surface area contributed by atoms with Crippen LogP contribution in [0.4, 0.5) is 5.82 Å². The fraction of sp³-hybridized carbons (Fsp3) is 0.412. The number of hydrogen-bond acceptors (Lipinski definition) is 6. The molecule has 0 aliphatic rings. The van der Waals surface area contributed by atoms with E-state index in [1.807, 2.05) is 31.3 Å². The summed E-state index contributed by atoms with van der Waals surface area (Å²) in [6.07, 6.45) is 5.51. The molecule has 0 aliphatic heterocycles. The van der Waals surface area contributed by atoms with E-state index in [1.54, 1.807) is 6.20 Å². The van der Waals surface area contributed by atoms with Crippen molar-refractivity contribution in [3.8, 4) is 0 Å². The molecule has 1 atom stereocenters. The highest BCUT2D eigenvalue weighted by molar-refractivity contribution is 5.86. The van der Waals surface area contributed by atoms with Crippen molar-refractivity contribution in [2.45, 2.75) is 39.3 Å². The van der Waals surface area contributed by atoms with Crippen LogP contribution in [0, 0.1) is 6.92 Å². The van der Waals surface area contributed by atoms with E-state index in [9.17, 15) is 5.11 Å². The predicted molar refractivity (Wildman–Crippen MR) is 92.8 cm³/mol. The van der Waals surface area contributed by atoms with Crippen molar-refractivity contribution < 1.29 is 5.11 Å². The molecular formula is C17H22N6O. The van der Waals surface area contributed by atoms with Gasteiger partial charge >= 0.3 is 0 Å². The van der Waals surface area contributed by atoms with Gasteiger partial charge in [0.05, 0.1) is 30.4 Å². The molecule has 0 spiro atoms. The molecule has 3 aromatic rings. The number of nitrogens with one attached hydrogen (secondary N) is 1. The maximum absolute atomic E-state index is 9.58. The summed E-state index contributed by atoms with van der Waals surface area (Å²) in [4.78, 5) is 9.06. The van der Waals surface area contributed by atoms with Gasteiger partial charge in [-0.15, -0.1) is 0 Å². The van der Waals surface area contributed by atoms with Gasteiger partial charge in [-0.05, 0) is 31.5 Å². The Hall–Kier alpha value is -2.54. The van der Waals surface area contributed by atoms with Crippen LogP contribution >= 0.6 is 0 Å². The second-order valence-electron chi connectivity index (χ2n) is 5.82. The number of nitrogens with zero attached hydrogens (tertiary/aromatic N) is 5. The maximum Gasteiger partial charge on any atom is 0.154 e. The molecule has 0 aromatic carbocycles. The zero-order valence-corrected chi connectivity index (χ0v) is 14.0. The summed E-state index contributed by atoms with van der Waals surface area (Å²) in [7, 11) is 0. The second-order valence-corrected chi connectivity index (χ2v) is 5.82. The highest BCUT2D eigenvalue weighted by Crippen LogP contribution is 2.23. The number of fused-ring (bicyclic) bond motifs is 1. The first-order chi connectivity index (χ1) is 11.7. The van der Waals surface area contributed by atoms with E-state index in [0.29, 0.717) is 12.4 Å². The minimum absolute atomic E-state index is 0.0210. The van der Waals surface area contributed by atoms with Crippen molar-refractivity contribution in [2.24, 2.45) is 0 Å². The Balaban J connectivity index is 1.99. The smallest absolute Gasteiger partial charge is 0.154 e. The average Bonchev–Trinajstić information content (AvgIpc) is 2.98. The first-order valence-electron chi connectivity index (χ1n) is 8.18. The summed E-state index contributed by atoms with van der Waals surface area (Å²) in [6.45, 7) is 4.64. The third-order valence-corrected chi connectivity index (χ3v) is 3.88. The zero-order chi connectivity index (χ0) is 16.9. The van der Waals surface area contributed by atoms with Crippen LogP contribution in [0.3, 0.4) is 0 Å². The molecule has 3 aromatic heterocycles. The van der Waals surface area contributed by atoms with Gasteiger partial charge in [0.25, 0.3) is 0 Å². The third kappa shape index (κ3) is 3.51. The van der Waals surface area contributed by atoms with Crippen LogP contribution in [0.5, 0.6) is 0 Å². The summed E-state index contributed by atoms with van der Waals surface area (Å²) in [5.74, 6) is 1.45. The lowest BCUT2D eigenvalue weighted by Gasteiger charge is -2.18. The quantitative estimate of drug-likeness (QED) is 0.691. The third-order valence-electron chi connectivity index (χ3n) is 3.88. The molecule has 7 heteroatoms. The predicted octanol–water partition coefficient (Wildman–Crippen LogP) is 2.15. The maximum atomic E-state index is 9.58. The summed E-state index contributed by atoms with van der Waals surface area (Å²) in [6, 6.07) is 5.76. The molecule has 0 amide bonds. The van der Waals surface area contributed by atoms with Gasteiger partial charge in [-0.3, -0.25) is 0 Å². The number of rotatable bonds is 7. The molecule has 24 heavy (non-hydrogen) atoms. The van der Waals surface area contributed by atoms with Gasteiger partial charge < -0.3 is 15.0 Å². The first-order valence-corrected chi connectivity index (χ1v) is 8.18. The van der Waals surface area contributed by atoms with Crippen molar-refractivity contribution in [3.05, 3.63) is 42.1 Å². The Morgan fingerprint density at radius 3 is 2.88 bits per heavy atom. The Morgan fingerprint density at radius 1 is 1.29 bits per heavy atom. The lowest BCUT2D eigenvalue weighted by molar-refractivity contribution is 0.268. The standard InChI is InChI=1S/C17H22N6O/c1-3-5-14(11-24)21-17-16-15(19-12(2)20-17)7-9-23(16)10-13-6-4-8-18-22-13/h4,6-9,14,24H,3,5,10-11H2,1-2H3,(H,19,20,21)/t14-/m0/s1. The lowest BCUT2D eigenvalue weighted by atomic mass is 10.2. The minimum atomic E-state index is -0.0210. The largest absolute Gasteiger partial charge is 0.394 e. The summed E-state index contributed by atoms with van der Waals surface area (Å²) in [5.41, 5.74) is 2.66. The van der Waals surface area contributed by atoms with E-state index in [0.717, 1.165) is 35.4 Å². The average molecular weight is 326 g/mol. The number of aliphatic hydroxyl groups excluding tert-OH is 1. The molecule has 0 saturated carbocycles. The molecular weight excluding hydrogens is 304 g/mol. The molecule has 0 saturated heterocycles. The van der Waals surface area contributed by atoms with Gasteiger partial charge in [-0.2, -0.15) is 10.2 Å². The van der Waals surface area contributed by atoms with Crippen LogP contribution in [-0.2, 0) is 6.54 Å². The highest BCUT2D eigenvalue weighted by atomic mass is 16.3. The van der Waals surface area contributed by atoms with E-state index in [2.05, 4.69) is 37.0 Å². The van der Waals surface area contributed by atoms with Crippen LogP contribution in [0.15, 0.2) is 30.6 Å².